The molecule has 0 saturated carbocycles. The number of rotatable bonds is 4. The van der Waals surface area contributed by atoms with Gasteiger partial charge in [-0.15, -0.1) is 0 Å². The van der Waals surface area contributed by atoms with Crippen LogP contribution in [0.4, 0.5) is 0 Å². The number of hydroxylamine groups is 2. The average molecular weight is 215 g/mol. The molecule has 1 rings (SSSR count). The summed E-state index contributed by atoms with van der Waals surface area (Å²) in [5.74, 6) is 0.0162. The van der Waals surface area contributed by atoms with Crippen LogP contribution in [0, 0.1) is 0 Å². The van der Waals surface area contributed by atoms with Gasteiger partial charge < -0.3 is 4.90 Å². The Kier molecular flexibility index (Phi) is 5.01. The summed E-state index contributed by atoms with van der Waals surface area (Å²) in [5.41, 5.74) is 0. The molecule has 1 heterocycles. The summed E-state index contributed by atoms with van der Waals surface area (Å²) in [7, 11) is 3.15. The van der Waals surface area contributed by atoms with Gasteiger partial charge in [-0.25, -0.2) is 5.06 Å². The molecule has 0 unspecified atom stereocenters. The zero-order valence-electron chi connectivity index (χ0n) is 9.90. The van der Waals surface area contributed by atoms with E-state index in [0.29, 0.717) is 6.54 Å². The second kappa shape index (κ2) is 6.05. The molecule has 1 aliphatic rings. The summed E-state index contributed by atoms with van der Waals surface area (Å²) in [4.78, 5) is 20.9. The number of carbonyl (C=O) groups excluding carboxylic acids is 1. The molecule has 88 valence electrons. The van der Waals surface area contributed by atoms with Crippen molar-refractivity contribution in [3.8, 4) is 0 Å². The lowest BCUT2D eigenvalue weighted by atomic mass is 10.3. The quantitative estimate of drug-likeness (QED) is 0.600. The van der Waals surface area contributed by atoms with E-state index < -0.39 is 0 Å². The summed E-state index contributed by atoms with van der Waals surface area (Å²) in [6.45, 7) is 7.77. The number of hydrogen-bond donors (Lipinski definition) is 0. The van der Waals surface area contributed by atoms with Gasteiger partial charge >= 0.3 is 0 Å². The molecule has 0 aromatic heterocycles. The van der Waals surface area contributed by atoms with Gasteiger partial charge in [0.1, 0.15) is 0 Å². The Hall–Kier alpha value is -0.650. The van der Waals surface area contributed by atoms with Crippen LogP contribution in [0.5, 0.6) is 0 Å². The molecule has 5 nitrogen and oxygen atoms in total. The molecule has 5 heteroatoms. The van der Waals surface area contributed by atoms with E-state index >= 15 is 0 Å². The Bertz CT molecular complexity index is 203. The van der Waals surface area contributed by atoms with E-state index in [-0.39, 0.29) is 5.91 Å². The third-order valence-electron chi connectivity index (χ3n) is 2.90. The fourth-order valence-corrected chi connectivity index (χ4v) is 1.66. The van der Waals surface area contributed by atoms with Crippen LogP contribution in [0.1, 0.15) is 6.92 Å². The first-order valence-electron chi connectivity index (χ1n) is 5.42. The van der Waals surface area contributed by atoms with Crippen LogP contribution >= 0.6 is 0 Å². The van der Waals surface area contributed by atoms with Crippen molar-refractivity contribution in [2.45, 2.75) is 6.92 Å². The van der Waals surface area contributed by atoms with Gasteiger partial charge in [-0.05, 0) is 6.54 Å². The first kappa shape index (κ1) is 12.4. The van der Waals surface area contributed by atoms with E-state index in [2.05, 4.69) is 16.7 Å². The first-order valence-corrected chi connectivity index (χ1v) is 5.42. The van der Waals surface area contributed by atoms with Crippen molar-refractivity contribution in [3.63, 3.8) is 0 Å². The second-order valence-electron chi connectivity index (χ2n) is 3.78. The molecule has 1 fully saturated rings. The zero-order chi connectivity index (χ0) is 11.3. The first-order chi connectivity index (χ1) is 7.17. The highest BCUT2D eigenvalue weighted by atomic mass is 16.7. The lowest BCUT2D eigenvalue weighted by Crippen LogP contribution is -2.49. The SMILES string of the molecule is CCN1CCN(CC(=O)N(C)OC)CC1. The van der Waals surface area contributed by atoms with E-state index in [1.54, 1.807) is 7.05 Å². The molecule has 0 radical (unpaired) electrons. The summed E-state index contributed by atoms with van der Waals surface area (Å²) >= 11 is 0. The Morgan fingerprint density at radius 2 is 1.80 bits per heavy atom. The molecule has 0 atom stereocenters. The lowest BCUT2D eigenvalue weighted by Gasteiger charge is -2.34. The molecule has 1 aliphatic heterocycles. The van der Waals surface area contributed by atoms with Crippen LogP contribution in [0.15, 0.2) is 0 Å². The Morgan fingerprint density at radius 1 is 1.27 bits per heavy atom. The lowest BCUT2D eigenvalue weighted by molar-refractivity contribution is -0.170. The predicted molar refractivity (Wildman–Crippen MR) is 58.3 cm³/mol. The van der Waals surface area contributed by atoms with Gasteiger partial charge in [-0.2, -0.15) is 0 Å². The van der Waals surface area contributed by atoms with Crippen molar-refractivity contribution in [1.82, 2.24) is 14.9 Å². The summed E-state index contributed by atoms with van der Waals surface area (Å²) in [6.07, 6.45) is 0. The highest BCUT2D eigenvalue weighted by Crippen LogP contribution is 2.01. The highest BCUT2D eigenvalue weighted by Gasteiger charge is 2.19. The van der Waals surface area contributed by atoms with Gasteiger partial charge in [-0.1, -0.05) is 6.92 Å². The second-order valence-corrected chi connectivity index (χ2v) is 3.78. The fourth-order valence-electron chi connectivity index (χ4n) is 1.66. The van der Waals surface area contributed by atoms with Gasteiger partial charge in [0.2, 0.25) is 0 Å². The Morgan fingerprint density at radius 3 is 2.27 bits per heavy atom. The zero-order valence-corrected chi connectivity index (χ0v) is 9.90. The van der Waals surface area contributed by atoms with Crippen LogP contribution < -0.4 is 0 Å². The van der Waals surface area contributed by atoms with E-state index in [4.69, 9.17) is 4.84 Å². The van der Waals surface area contributed by atoms with Crippen molar-refractivity contribution in [1.29, 1.82) is 0 Å². The molecule has 0 spiro atoms. The van der Waals surface area contributed by atoms with Gasteiger partial charge in [0.05, 0.1) is 13.7 Å². The predicted octanol–water partition coefficient (Wildman–Crippen LogP) is -0.356. The standard InChI is InChI=1S/C10H21N3O2/c1-4-12-5-7-13(8-6-12)9-10(14)11(2)15-3/h4-9H2,1-3H3. The molecule has 1 amide bonds. The monoisotopic (exact) mass is 215 g/mol. The van der Waals surface area contributed by atoms with Gasteiger partial charge in [0, 0.05) is 33.2 Å². The van der Waals surface area contributed by atoms with Crippen LogP contribution in [0.3, 0.4) is 0 Å². The molecular formula is C10H21N3O2. The molecule has 0 bridgehead atoms. The molecular weight excluding hydrogens is 194 g/mol. The Balaban J connectivity index is 2.26. The fraction of sp³-hybridized carbons (Fsp3) is 0.900. The molecule has 0 aliphatic carbocycles. The van der Waals surface area contributed by atoms with Crippen molar-refractivity contribution >= 4 is 5.91 Å². The van der Waals surface area contributed by atoms with Crippen LogP contribution in [-0.4, -0.2) is 74.2 Å². The Labute approximate surface area is 91.5 Å². The summed E-state index contributed by atoms with van der Waals surface area (Å²) < 4.78 is 0. The maximum absolute atomic E-state index is 11.5. The van der Waals surface area contributed by atoms with Crippen molar-refractivity contribution in [2.24, 2.45) is 0 Å². The molecule has 15 heavy (non-hydrogen) atoms. The minimum Gasteiger partial charge on any atom is -0.301 e. The normalized spacial score (nSPS) is 19.1. The molecule has 0 N–H and O–H groups in total. The maximum Gasteiger partial charge on any atom is 0.259 e. The number of piperazine rings is 1. The molecule has 0 aromatic carbocycles. The van der Waals surface area contributed by atoms with Gasteiger partial charge in [0.15, 0.2) is 0 Å². The molecule has 1 saturated heterocycles. The topological polar surface area (TPSA) is 36.0 Å². The number of likely N-dealkylation sites (N-methyl/N-ethyl adjacent to an activating group) is 2. The molecule has 0 aromatic rings. The summed E-state index contributed by atoms with van der Waals surface area (Å²) in [5, 5.41) is 1.28. The van der Waals surface area contributed by atoms with Gasteiger partial charge in [-0.3, -0.25) is 14.5 Å². The van der Waals surface area contributed by atoms with E-state index in [1.807, 2.05) is 0 Å². The minimum atomic E-state index is 0.0162. The maximum atomic E-state index is 11.5. The number of nitrogens with zero attached hydrogens (tertiary/aromatic N) is 3. The van der Waals surface area contributed by atoms with Crippen molar-refractivity contribution in [3.05, 3.63) is 0 Å². The average Bonchev–Trinajstić information content (AvgIpc) is 2.29. The van der Waals surface area contributed by atoms with E-state index in [1.165, 1.54) is 12.2 Å². The number of amides is 1. The highest BCUT2D eigenvalue weighted by molar-refractivity contribution is 5.76. The largest absolute Gasteiger partial charge is 0.301 e. The van der Waals surface area contributed by atoms with E-state index in [9.17, 15) is 4.79 Å². The van der Waals surface area contributed by atoms with Gasteiger partial charge in [0.25, 0.3) is 5.91 Å². The number of hydrogen-bond acceptors (Lipinski definition) is 4. The van der Waals surface area contributed by atoms with Crippen molar-refractivity contribution < 1.29 is 9.63 Å². The third kappa shape index (κ3) is 3.77. The van der Waals surface area contributed by atoms with Crippen LogP contribution in [0.25, 0.3) is 0 Å². The summed E-state index contributed by atoms with van der Waals surface area (Å²) in [6, 6.07) is 0. The number of carbonyl (C=O) groups is 1. The van der Waals surface area contributed by atoms with Crippen molar-refractivity contribution in [2.75, 3.05) is 53.4 Å². The third-order valence-corrected chi connectivity index (χ3v) is 2.90. The van der Waals surface area contributed by atoms with Crippen LogP contribution in [0.2, 0.25) is 0 Å². The van der Waals surface area contributed by atoms with E-state index in [0.717, 1.165) is 32.7 Å². The minimum absolute atomic E-state index is 0.0162. The smallest absolute Gasteiger partial charge is 0.259 e. The van der Waals surface area contributed by atoms with Crippen LogP contribution in [-0.2, 0) is 9.63 Å².